The lowest BCUT2D eigenvalue weighted by Crippen LogP contribution is -2.40. The first-order chi connectivity index (χ1) is 17.3. The molecule has 8 heteroatoms. The maximum atomic E-state index is 13.7. The van der Waals surface area contributed by atoms with E-state index in [1.807, 2.05) is 39.8 Å². The number of anilines is 1. The minimum atomic E-state index is -1.35. The summed E-state index contributed by atoms with van der Waals surface area (Å²) in [4.78, 5) is 23.6. The van der Waals surface area contributed by atoms with Crippen molar-refractivity contribution in [2.75, 3.05) is 12.3 Å². The maximum absolute atomic E-state index is 13.7. The zero-order chi connectivity index (χ0) is 25.0. The maximum Gasteiger partial charge on any atom is 0.222 e. The van der Waals surface area contributed by atoms with Crippen molar-refractivity contribution < 1.29 is 14.3 Å². The Morgan fingerprint density at radius 2 is 1.92 bits per heavy atom. The number of nitrogens with two attached hydrogens (primary N) is 1. The van der Waals surface area contributed by atoms with Crippen LogP contribution in [0.25, 0.3) is 16.8 Å². The number of aromatic nitrogens is 3. The third-order valence-electron chi connectivity index (χ3n) is 7.80. The highest BCUT2D eigenvalue weighted by Gasteiger charge is 2.37. The molecule has 0 spiro atoms. The largest absolute Gasteiger partial charge is 0.382 e. The molecule has 7 nitrogen and oxygen atoms in total. The van der Waals surface area contributed by atoms with E-state index in [1.165, 1.54) is 12.1 Å². The quantitative estimate of drug-likeness (QED) is 0.451. The summed E-state index contributed by atoms with van der Waals surface area (Å²) < 4.78 is 15.6. The molecule has 1 amide bonds. The van der Waals surface area contributed by atoms with Crippen molar-refractivity contribution in [1.29, 1.82) is 0 Å². The molecular formula is C28H28FN5O2. The number of fused-ring (bicyclic) bond motifs is 2. The third-order valence-corrected chi connectivity index (χ3v) is 7.80. The van der Waals surface area contributed by atoms with Gasteiger partial charge in [-0.3, -0.25) is 4.79 Å². The van der Waals surface area contributed by atoms with Crippen LogP contribution in [0, 0.1) is 5.82 Å². The van der Waals surface area contributed by atoms with E-state index in [4.69, 9.17) is 10.7 Å². The lowest BCUT2D eigenvalue weighted by Gasteiger charge is -2.35. The molecule has 2 aliphatic heterocycles. The molecule has 1 unspecified atom stereocenters. The third kappa shape index (κ3) is 3.73. The number of rotatable bonds is 4. The fraction of sp³-hybridized carbons (Fsp3) is 0.321. The van der Waals surface area contributed by atoms with Gasteiger partial charge in [-0.05, 0) is 49.4 Å². The van der Waals surface area contributed by atoms with E-state index in [2.05, 4.69) is 4.98 Å². The molecule has 0 aliphatic carbocycles. The minimum Gasteiger partial charge on any atom is -0.382 e. The van der Waals surface area contributed by atoms with E-state index < -0.39 is 11.4 Å². The van der Waals surface area contributed by atoms with Crippen LogP contribution in [0.3, 0.4) is 0 Å². The molecule has 2 saturated heterocycles. The number of hydrogen-bond donors (Lipinski definition) is 2. The lowest BCUT2D eigenvalue weighted by atomic mass is 9.87. The number of halogens is 1. The Morgan fingerprint density at radius 3 is 2.69 bits per heavy atom. The number of hydrogen-bond acceptors (Lipinski definition) is 5. The average molecular weight is 486 g/mol. The smallest absolute Gasteiger partial charge is 0.222 e. The second kappa shape index (κ2) is 8.41. The molecule has 2 fully saturated rings. The fourth-order valence-corrected chi connectivity index (χ4v) is 5.70. The summed E-state index contributed by atoms with van der Waals surface area (Å²) in [5, 5.41) is 11.1. The zero-order valence-electron chi connectivity index (χ0n) is 20.1. The number of nitrogen functional groups attached to an aromatic ring is 1. The normalized spacial score (nSPS) is 21.5. The number of carbonyl (C=O) groups is 1. The predicted octanol–water partition coefficient (Wildman–Crippen LogP) is 4.24. The number of aliphatic hydroxyl groups is 1. The molecular weight excluding hydrogens is 457 g/mol. The summed E-state index contributed by atoms with van der Waals surface area (Å²) in [5.41, 5.74) is 9.34. The SMILES string of the molecule is CC(O)(c1ccc(-c2ncn3cc([C@@H]4CC[C@H]5CCC(=O)N5C4)nc(N)c23)cc1)c1cccc(F)c1. The van der Waals surface area contributed by atoms with Crippen LogP contribution in [0.15, 0.2) is 61.1 Å². The van der Waals surface area contributed by atoms with Gasteiger partial charge < -0.3 is 20.1 Å². The molecule has 3 N–H and O–H groups in total. The van der Waals surface area contributed by atoms with Gasteiger partial charge in [0, 0.05) is 36.7 Å². The Kier molecular flexibility index (Phi) is 5.30. The first kappa shape index (κ1) is 22.7. The average Bonchev–Trinajstić information content (AvgIpc) is 3.48. The van der Waals surface area contributed by atoms with Gasteiger partial charge in [0.25, 0.3) is 0 Å². The Labute approximate surface area is 208 Å². The second-order valence-electron chi connectivity index (χ2n) is 10.1. The Morgan fingerprint density at radius 1 is 1.11 bits per heavy atom. The molecule has 2 aromatic carbocycles. The van der Waals surface area contributed by atoms with Gasteiger partial charge in [-0.1, -0.05) is 36.4 Å². The van der Waals surface area contributed by atoms with Crippen molar-refractivity contribution >= 4 is 17.2 Å². The van der Waals surface area contributed by atoms with Gasteiger partial charge in [0.05, 0.1) is 11.4 Å². The van der Waals surface area contributed by atoms with Gasteiger partial charge in [-0.25, -0.2) is 14.4 Å². The first-order valence-electron chi connectivity index (χ1n) is 12.3. The Balaban J connectivity index is 1.29. The summed E-state index contributed by atoms with van der Waals surface area (Å²) >= 11 is 0. The van der Waals surface area contributed by atoms with Crippen LogP contribution in [-0.2, 0) is 10.4 Å². The molecule has 0 bridgehead atoms. The number of carbonyl (C=O) groups excluding carboxylic acids is 1. The van der Waals surface area contributed by atoms with Crippen LogP contribution in [0.5, 0.6) is 0 Å². The fourth-order valence-electron chi connectivity index (χ4n) is 5.70. The second-order valence-corrected chi connectivity index (χ2v) is 10.1. The molecule has 4 aromatic rings. The highest BCUT2D eigenvalue weighted by molar-refractivity contribution is 5.85. The van der Waals surface area contributed by atoms with Crippen molar-refractivity contribution in [2.24, 2.45) is 0 Å². The molecule has 36 heavy (non-hydrogen) atoms. The van der Waals surface area contributed by atoms with E-state index in [1.54, 1.807) is 25.4 Å². The Bertz CT molecular complexity index is 1460. The van der Waals surface area contributed by atoms with Crippen LogP contribution in [0.4, 0.5) is 10.2 Å². The topological polar surface area (TPSA) is 96.8 Å². The summed E-state index contributed by atoms with van der Waals surface area (Å²) in [6.45, 7) is 2.34. The van der Waals surface area contributed by atoms with Gasteiger partial charge in [0.15, 0.2) is 0 Å². The van der Waals surface area contributed by atoms with E-state index in [0.717, 1.165) is 30.5 Å². The summed E-state index contributed by atoms with van der Waals surface area (Å²) in [6.07, 6.45) is 7.29. The van der Waals surface area contributed by atoms with Gasteiger partial charge in [0.1, 0.15) is 29.1 Å². The zero-order valence-corrected chi connectivity index (χ0v) is 20.1. The molecule has 0 radical (unpaired) electrons. The Hall–Kier alpha value is -3.78. The first-order valence-corrected chi connectivity index (χ1v) is 12.3. The van der Waals surface area contributed by atoms with E-state index in [0.29, 0.717) is 47.2 Å². The highest BCUT2D eigenvalue weighted by atomic mass is 19.1. The van der Waals surface area contributed by atoms with Crippen LogP contribution in [-0.4, -0.2) is 42.9 Å². The van der Waals surface area contributed by atoms with E-state index in [9.17, 15) is 14.3 Å². The van der Waals surface area contributed by atoms with Crippen LogP contribution in [0.1, 0.15) is 55.3 Å². The van der Waals surface area contributed by atoms with Gasteiger partial charge in [-0.15, -0.1) is 0 Å². The van der Waals surface area contributed by atoms with E-state index in [-0.39, 0.29) is 11.8 Å². The number of amides is 1. The molecule has 0 saturated carbocycles. The molecule has 6 rings (SSSR count). The molecule has 2 aliphatic rings. The van der Waals surface area contributed by atoms with Crippen LogP contribution in [0.2, 0.25) is 0 Å². The lowest BCUT2D eigenvalue weighted by molar-refractivity contribution is -0.130. The number of benzene rings is 2. The minimum absolute atomic E-state index is 0.158. The summed E-state index contributed by atoms with van der Waals surface area (Å²) in [6, 6.07) is 13.7. The molecule has 184 valence electrons. The van der Waals surface area contributed by atoms with Crippen molar-refractivity contribution in [3.8, 4) is 11.3 Å². The number of nitrogens with zero attached hydrogens (tertiary/aromatic N) is 4. The monoisotopic (exact) mass is 485 g/mol. The van der Waals surface area contributed by atoms with Crippen molar-refractivity contribution in [2.45, 2.75) is 50.2 Å². The molecule has 4 heterocycles. The van der Waals surface area contributed by atoms with Crippen LogP contribution < -0.4 is 5.73 Å². The van der Waals surface area contributed by atoms with E-state index >= 15 is 0 Å². The summed E-state index contributed by atoms with van der Waals surface area (Å²) in [5.74, 6) is 0.399. The number of imidazole rings is 1. The van der Waals surface area contributed by atoms with Crippen molar-refractivity contribution in [3.05, 3.63) is 83.7 Å². The van der Waals surface area contributed by atoms with Gasteiger partial charge >= 0.3 is 0 Å². The predicted molar refractivity (Wildman–Crippen MR) is 135 cm³/mol. The standard InChI is InChI=1S/C28H28FN5O2/c1-28(36,20-3-2-4-21(29)13-20)19-8-5-17(6-9-19)25-26-27(30)32-23(15-33(26)16-31-25)18-7-10-22-11-12-24(35)34(22)14-18/h2-6,8-9,13,15-16,18,22,36H,7,10-12,14H2,1H3,(H2,30,32)/t18-,22+,28?/m1/s1. The van der Waals surface area contributed by atoms with Gasteiger partial charge in [0.2, 0.25) is 5.91 Å². The van der Waals surface area contributed by atoms with Crippen molar-refractivity contribution in [1.82, 2.24) is 19.3 Å². The summed E-state index contributed by atoms with van der Waals surface area (Å²) in [7, 11) is 0. The molecule has 2 aromatic heterocycles. The van der Waals surface area contributed by atoms with Gasteiger partial charge in [-0.2, -0.15) is 0 Å². The molecule has 3 atom stereocenters. The highest BCUT2D eigenvalue weighted by Crippen LogP contribution is 2.37. The van der Waals surface area contributed by atoms with Crippen LogP contribution >= 0.6 is 0 Å². The van der Waals surface area contributed by atoms with Crippen molar-refractivity contribution in [3.63, 3.8) is 0 Å². The number of piperidine rings is 1.